The molecule has 0 fully saturated rings. The van der Waals surface area contributed by atoms with Crippen LogP contribution in [-0.4, -0.2) is 13.0 Å². The van der Waals surface area contributed by atoms with Crippen LogP contribution < -0.4 is 4.90 Å². The third-order valence-electron chi connectivity index (χ3n) is 3.73. The molecule has 0 aliphatic carbocycles. The zero-order valence-electron chi connectivity index (χ0n) is 11.2. The summed E-state index contributed by atoms with van der Waals surface area (Å²) in [5, 5.41) is -0.593. The van der Waals surface area contributed by atoms with Gasteiger partial charge in [0, 0.05) is 18.3 Å². The van der Waals surface area contributed by atoms with E-state index in [4.69, 9.17) is 23.2 Å². The Balaban J connectivity index is 2.00. The van der Waals surface area contributed by atoms with Crippen molar-refractivity contribution in [2.24, 2.45) is 0 Å². The zero-order valence-corrected chi connectivity index (χ0v) is 12.7. The average Bonchev–Trinajstić information content (AvgIpc) is 2.76. The quantitative estimate of drug-likeness (QED) is 0.753. The molecule has 1 amide bonds. The molecule has 0 bridgehead atoms. The third kappa shape index (κ3) is 2.41. The second-order valence-electron chi connectivity index (χ2n) is 5.02. The van der Waals surface area contributed by atoms with Crippen LogP contribution in [0, 0.1) is 5.82 Å². The molecule has 0 spiro atoms. The predicted octanol–water partition coefficient (Wildman–Crippen LogP) is 4.33. The highest BCUT2D eigenvalue weighted by Crippen LogP contribution is 2.36. The second kappa shape index (κ2) is 5.32. The molecule has 0 radical (unpaired) electrons. The number of hydrogen-bond acceptors (Lipinski definition) is 1. The van der Waals surface area contributed by atoms with Crippen molar-refractivity contribution in [2.45, 2.75) is 11.8 Å². The lowest BCUT2D eigenvalue weighted by Crippen LogP contribution is -2.20. The van der Waals surface area contributed by atoms with Gasteiger partial charge in [-0.05, 0) is 23.3 Å². The van der Waals surface area contributed by atoms with Gasteiger partial charge in [-0.2, -0.15) is 0 Å². The first-order valence-electron chi connectivity index (χ1n) is 6.46. The van der Waals surface area contributed by atoms with Crippen LogP contribution in [0.15, 0.2) is 36.4 Å². The van der Waals surface area contributed by atoms with Gasteiger partial charge in [-0.1, -0.05) is 35.9 Å². The molecule has 1 unspecified atom stereocenters. The standard InChI is InChI=1S/C16H12Cl2FNO/c1-20-13-6-5-9(7-10(13)8-14(20)21)15(18)11-3-2-4-12(17)16(11)19/h2-7,15H,8H2,1H3. The van der Waals surface area contributed by atoms with Crippen molar-refractivity contribution in [3.63, 3.8) is 0 Å². The maximum atomic E-state index is 14.1. The minimum atomic E-state index is -0.644. The highest BCUT2D eigenvalue weighted by Gasteiger charge is 2.25. The summed E-state index contributed by atoms with van der Waals surface area (Å²) in [5.41, 5.74) is 2.87. The van der Waals surface area contributed by atoms with Crippen LogP contribution in [0.2, 0.25) is 5.02 Å². The minimum Gasteiger partial charge on any atom is -0.315 e. The van der Waals surface area contributed by atoms with Gasteiger partial charge in [-0.15, -0.1) is 11.6 Å². The normalized spacial score (nSPS) is 15.2. The Morgan fingerprint density at radius 1 is 1.29 bits per heavy atom. The summed E-state index contributed by atoms with van der Waals surface area (Å²) in [6, 6.07) is 10.3. The van der Waals surface area contributed by atoms with Crippen molar-refractivity contribution in [2.75, 3.05) is 11.9 Å². The van der Waals surface area contributed by atoms with Gasteiger partial charge in [0.25, 0.3) is 0 Å². The van der Waals surface area contributed by atoms with E-state index in [0.29, 0.717) is 12.0 Å². The first-order valence-corrected chi connectivity index (χ1v) is 7.28. The van der Waals surface area contributed by atoms with Crippen molar-refractivity contribution in [1.29, 1.82) is 0 Å². The van der Waals surface area contributed by atoms with Crippen LogP contribution in [-0.2, 0) is 11.2 Å². The lowest BCUT2D eigenvalue weighted by atomic mass is 10.0. The summed E-state index contributed by atoms with van der Waals surface area (Å²) in [6.07, 6.45) is 0.349. The molecule has 3 rings (SSSR count). The maximum Gasteiger partial charge on any atom is 0.231 e. The van der Waals surface area contributed by atoms with Gasteiger partial charge in [0.05, 0.1) is 16.8 Å². The SMILES string of the molecule is CN1C(=O)Cc2cc(C(Cl)c3cccc(Cl)c3F)ccc21. The van der Waals surface area contributed by atoms with E-state index in [1.54, 1.807) is 24.1 Å². The van der Waals surface area contributed by atoms with Gasteiger partial charge >= 0.3 is 0 Å². The molecular formula is C16H12Cl2FNO. The predicted molar refractivity (Wildman–Crippen MR) is 82.7 cm³/mol. The fourth-order valence-corrected chi connectivity index (χ4v) is 3.03. The molecule has 0 saturated heterocycles. The van der Waals surface area contributed by atoms with E-state index in [1.807, 2.05) is 18.2 Å². The lowest BCUT2D eigenvalue weighted by molar-refractivity contribution is -0.117. The molecule has 1 atom stereocenters. The number of fused-ring (bicyclic) bond motifs is 1. The molecule has 2 aromatic carbocycles. The second-order valence-corrected chi connectivity index (χ2v) is 5.87. The number of carbonyl (C=O) groups is 1. The summed E-state index contributed by atoms with van der Waals surface area (Å²) in [4.78, 5) is 13.3. The molecule has 108 valence electrons. The Morgan fingerprint density at radius 2 is 2.05 bits per heavy atom. The third-order valence-corrected chi connectivity index (χ3v) is 4.51. The number of hydrogen-bond donors (Lipinski definition) is 0. The van der Waals surface area contributed by atoms with E-state index in [1.165, 1.54) is 6.07 Å². The Kier molecular flexibility index (Phi) is 3.64. The molecule has 0 aromatic heterocycles. The fraction of sp³-hybridized carbons (Fsp3) is 0.188. The van der Waals surface area contributed by atoms with Gasteiger partial charge in [-0.25, -0.2) is 4.39 Å². The van der Waals surface area contributed by atoms with Gasteiger partial charge in [-0.3, -0.25) is 4.79 Å². The van der Waals surface area contributed by atoms with Crippen LogP contribution in [0.3, 0.4) is 0 Å². The van der Waals surface area contributed by atoms with Crippen LogP contribution in [0.25, 0.3) is 0 Å². The van der Waals surface area contributed by atoms with E-state index in [9.17, 15) is 9.18 Å². The van der Waals surface area contributed by atoms with Crippen LogP contribution in [0.4, 0.5) is 10.1 Å². The zero-order chi connectivity index (χ0) is 15.1. The number of carbonyl (C=O) groups excluding carboxylic acids is 1. The monoisotopic (exact) mass is 323 g/mol. The molecule has 5 heteroatoms. The number of anilines is 1. The number of alkyl halides is 1. The molecule has 2 nitrogen and oxygen atoms in total. The Hall–Kier alpha value is -1.58. The molecular weight excluding hydrogens is 312 g/mol. The number of halogens is 3. The van der Waals surface area contributed by atoms with Gasteiger partial charge in [0.1, 0.15) is 5.82 Å². The highest BCUT2D eigenvalue weighted by molar-refractivity contribution is 6.31. The molecule has 1 aliphatic heterocycles. The number of likely N-dealkylation sites (N-methyl/N-ethyl adjacent to an activating group) is 1. The van der Waals surface area contributed by atoms with Gasteiger partial charge in [0.2, 0.25) is 5.91 Å². The molecule has 0 saturated carbocycles. The topological polar surface area (TPSA) is 20.3 Å². The minimum absolute atomic E-state index is 0.0437. The Labute approximate surface area is 132 Å². The molecule has 0 N–H and O–H groups in total. The first kappa shape index (κ1) is 14.4. The van der Waals surface area contributed by atoms with E-state index in [0.717, 1.165) is 16.8 Å². The van der Waals surface area contributed by atoms with Crippen LogP contribution in [0.1, 0.15) is 22.1 Å². The van der Waals surface area contributed by atoms with Crippen LogP contribution >= 0.6 is 23.2 Å². The summed E-state index contributed by atoms with van der Waals surface area (Å²) in [7, 11) is 1.74. The fourth-order valence-electron chi connectivity index (χ4n) is 2.54. The number of amides is 1. The van der Waals surface area contributed by atoms with Crippen molar-refractivity contribution >= 4 is 34.8 Å². The van der Waals surface area contributed by atoms with Gasteiger partial charge in [0.15, 0.2) is 0 Å². The van der Waals surface area contributed by atoms with E-state index in [2.05, 4.69) is 0 Å². The molecule has 1 heterocycles. The number of nitrogens with zero attached hydrogens (tertiary/aromatic N) is 1. The lowest BCUT2D eigenvalue weighted by Gasteiger charge is -2.14. The Bertz CT molecular complexity index is 732. The molecule has 21 heavy (non-hydrogen) atoms. The molecule has 2 aromatic rings. The summed E-state index contributed by atoms with van der Waals surface area (Å²) in [6.45, 7) is 0. The number of rotatable bonds is 2. The smallest absolute Gasteiger partial charge is 0.231 e. The average molecular weight is 324 g/mol. The van der Waals surface area contributed by atoms with E-state index in [-0.39, 0.29) is 10.9 Å². The van der Waals surface area contributed by atoms with Crippen molar-refractivity contribution in [3.8, 4) is 0 Å². The maximum absolute atomic E-state index is 14.1. The first-order chi connectivity index (χ1) is 9.99. The summed E-state index contributed by atoms with van der Waals surface area (Å²) in [5.74, 6) is -0.463. The number of benzene rings is 2. The Morgan fingerprint density at radius 3 is 2.81 bits per heavy atom. The van der Waals surface area contributed by atoms with E-state index < -0.39 is 11.2 Å². The van der Waals surface area contributed by atoms with E-state index >= 15 is 0 Å². The van der Waals surface area contributed by atoms with Gasteiger partial charge < -0.3 is 4.90 Å². The summed E-state index contributed by atoms with van der Waals surface area (Å²) < 4.78 is 14.1. The van der Waals surface area contributed by atoms with Crippen molar-refractivity contribution < 1.29 is 9.18 Å². The highest BCUT2D eigenvalue weighted by atomic mass is 35.5. The van der Waals surface area contributed by atoms with Crippen molar-refractivity contribution in [1.82, 2.24) is 0 Å². The van der Waals surface area contributed by atoms with Crippen molar-refractivity contribution in [3.05, 3.63) is 63.9 Å². The summed E-state index contributed by atoms with van der Waals surface area (Å²) >= 11 is 12.2. The molecule has 1 aliphatic rings. The van der Waals surface area contributed by atoms with Crippen LogP contribution in [0.5, 0.6) is 0 Å². The largest absolute Gasteiger partial charge is 0.315 e.